The van der Waals surface area contributed by atoms with Crippen LogP contribution in [0, 0.1) is 0 Å². The predicted molar refractivity (Wildman–Crippen MR) is 276 cm³/mol. The van der Waals surface area contributed by atoms with Crippen LogP contribution in [-0.2, 0) is 32.3 Å². The normalized spacial score (nSPS) is 11.5. The van der Waals surface area contributed by atoms with Crippen LogP contribution in [0.3, 0.4) is 0 Å². The second-order valence-corrected chi connectivity index (χ2v) is 17.9. The first kappa shape index (κ1) is 44.4. The molecule has 4 nitrogen and oxygen atoms in total. The smallest absolute Gasteiger partial charge is 0.306 e. The molecule has 0 atom stereocenters. The van der Waals surface area contributed by atoms with Crippen LogP contribution in [0.15, 0.2) is 158 Å². The van der Waals surface area contributed by atoms with Gasteiger partial charge in [0.15, 0.2) is 0 Å². The molecule has 9 rings (SSSR count). The van der Waals surface area contributed by atoms with E-state index in [-0.39, 0.29) is 11.9 Å². The van der Waals surface area contributed by atoms with Gasteiger partial charge in [-0.15, -0.1) is 0 Å². The van der Waals surface area contributed by atoms with Gasteiger partial charge < -0.3 is 9.47 Å². The molecule has 0 saturated carbocycles. The van der Waals surface area contributed by atoms with Crippen molar-refractivity contribution >= 4 is 55.0 Å². The Bertz CT molecular complexity index is 2860. The van der Waals surface area contributed by atoms with Crippen molar-refractivity contribution in [2.75, 3.05) is 0 Å². The number of fused-ring (bicyclic) bond motifs is 2. The van der Waals surface area contributed by atoms with Gasteiger partial charge in [-0.3, -0.25) is 9.59 Å². The van der Waals surface area contributed by atoms with E-state index in [0.717, 1.165) is 59.1 Å². The van der Waals surface area contributed by atoms with Crippen molar-refractivity contribution in [3.8, 4) is 44.5 Å². The Balaban J connectivity index is 0.997. The summed E-state index contributed by atoms with van der Waals surface area (Å²) in [6.07, 6.45) is 12.1. The molecule has 0 aliphatic rings. The van der Waals surface area contributed by atoms with E-state index in [2.05, 4.69) is 172 Å². The minimum absolute atomic E-state index is 0.118. The summed E-state index contributed by atoms with van der Waals surface area (Å²) in [6, 6.07) is 57.0. The molecule has 4 heteroatoms. The van der Waals surface area contributed by atoms with E-state index in [9.17, 15) is 9.59 Å². The highest BCUT2D eigenvalue weighted by Crippen LogP contribution is 2.47. The van der Waals surface area contributed by atoms with E-state index in [1.54, 1.807) is 0 Å². The Morgan fingerprint density at radius 2 is 0.697 bits per heavy atom. The molecule has 9 aromatic rings. The molecule has 0 fully saturated rings. The number of rotatable bonds is 20. The standard InChI is InChI=1S/C62H60O4/c1-3-5-7-9-11-27-59(63)65-41-43-29-33-45(34-30-43)47-19-13-15-21-49(47)51-37-39-57-58-40-38-52(54-24-18-26-56(62(54)58)55-25-17-23-53(51)61(55)57)50-22-16-14-20-48(50)46-35-31-44(32-36-46)42-66-60(64)28-12-10-8-6-4-2/h13-26,29-40H,3-12,27-28,41-42H2,1-2H3. The first-order valence-electron chi connectivity index (χ1n) is 24.3. The zero-order chi connectivity index (χ0) is 45.2. The largest absolute Gasteiger partial charge is 0.461 e. The maximum absolute atomic E-state index is 12.4. The van der Waals surface area contributed by atoms with E-state index in [0.29, 0.717) is 26.1 Å². The Labute approximate surface area is 389 Å². The highest BCUT2D eigenvalue weighted by molar-refractivity contribution is 6.35. The van der Waals surface area contributed by atoms with Crippen molar-refractivity contribution < 1.29 is 19.1 Å². The predicted octanol–water partition coefficient (Wildman–Crippen LogP) is 17.2. The van der Waals surface area contributed by atoms with Crippen molar-refractivity contribution in [1.82, 2.24) is 0 Å². The summed E-state index contributed by atoms with van der Waals surface area (Å²) >= 11 is 0. The average molecular weight is 869 g/mol. The molecule has 0 bridgehead atoms. The monoisotopic (exact) mass is 868 g/mol. The minimum Gasteiger partial charge on any atom is -0.461 e. The number of unbranched alkanes of at least 4 members (excludes halogenated alkanes) is 8. The fraction of sp³-hybridized carbons (Fsp3) is 0.258. The highest BCUT2D eigenvalue weighted by atomic mass is 16.5. The molecule has 0 spiro atoms. The zero-order valence-corrected chi connectivity index (χ0v) is 38.5. The molecular weight excluding hydrogens is 809 g/mol. The second kappa shape index (κ2) is 21.0. The first-order chi connectivity index (χ1) is 32.5. The fourth-order valence-electron chi connectivity index (χ4n) is 9.90. The van der Waals surface area contributed by atoms with Gasteiger partial charge in [0, 0.05) is 12.8 Å². The van der Waals surface area contributed by atoms with Crippen LogP contribution in [0.4, 0.5) is 0 Å². The highest BCUT2D eigenvalue weighted by Gasteiger charge is 2.20. The number of ether oxygens (including phenoxy) is 2. The van der Waals surface area contributed by atoms with Crippen LogP contribution in [0.1, 0.15) is 102 Å². The molecule has 66 heavy (non-hydrogen) atoms. The van der Waals surface area contributed by atoms with Gasteiger partial charge in [-0.25, -0.2) is 0 Å². The average Bonchev–Trinajstić information content (AvgIpc) is 3.36. The maximum Gasteiger partial charge on any atom is 0.306 e. The Kier molecular flexibility index (Phi) is 14.2. The van der Waals surface area contributed by atoms with E-state index >= 15 is 0 Å². The van der Waals surface area contributed by atoms with E-state index < -0.39 is 0 Å². The van der Waals surface area contributed by atoms with E-state index in [1.807, 2.05) is 0 Å². The molecule has 0 aliphatic heterocycles. The number of carbonyl (C=O) groups excluding carboxylic acids is 2. The first-order valence-corrected chi connectivity index (χ1v) is 24.3. The van der Waals surface area contributed by atoms with Gasteiger partial charge in [-0.05, 0) is 112 Å². The SMILES string of the molecule is CCCCCCCC(=O)OCc1ccc(-c2ccccc2-c2ccc3c4ccc(-c5ccccc5-c5ccc(COC(=O)CCCCCCC)cc5)c5cccc(c6cccc2c63)c54)cc1. The van der Waals surface area contributed by atoms with Gasteiger partial charge in [-0.1, -0.05) is 223 Å². The van der Waals surface area contributed by atoms with Gasteiger partial charge in [-0.2, -0.15) is 0 Å². The third-order valence-electron chi connectivity index (χ3n) is 13.4. The number of hydrogen-bond donors (Lipinski definition) is 0. The summed E-state index contributed by atoms with van der Waals surface area (Å²) in [5.74, 6) is -0.236. The van der Waals surface area contributed by atoms with E-state index in [1.165, 1.54) is 104 Å². The lowest BCUT2D eigenvalue weighted by Crippen LogP contribution is -2.04. The molecule has 0 unspecified atom stereocenters. The van der Waals surface area contributed by atoms with Gasteiger partial charge in [0.05, 0.1) is 0 Å². The zero-order valence-electron chi connectivity index (χ0n) is 38.5. The van der Waals surface area contributed by atoms with Crippen LogP contribution in [0.25, 0.3) is 87.6 Å². The Morgan fingerprint density at radius 3 is 1.11 bits per heavy atom. The topological polar surface area (TPSA) is 52.6 Å². The van der Waals surface area contributed by atoms with Crippen molar-refractivity contribution in [3.05, 3.63) is 169 Å². The molecule has 332 valence electrons. The lowest BCUT2D eigenvalue weighted by atomic mass is 9.83. The van der Waals surface area contributed by atoms with Crippen LogP contribution in [0.5, 0.6) is 0 Å². The summed E-state index contributed by atoms with van der Waals surface area (Å²) in [5, 5.41) is 10.0. The van der Waals surface area contributed by atoms with Crippen molar-refractivity contribution in [2.45, 2.75) is 104 Å². The number of esters is 2. The summed E-state index contributed by atoms with van der Waals surface area (Å²) in [4.78, 5) is 24.8. The molecule has 9 aromatic carbocycles. The summed E-state index contributed by atoms with van der Waals surface area (Å²) in [7, 11) is 0. The molecule has 0 aliphatic carbocycles. The van der Waals surface area contributed by atoms with E-state index in [4.69, 9.17) is 9.47 Å². The van der Waals surface area contributed by atoms with Crippen LogP contribution >= 0.6 is 0 Å². The molecule has 0 aromatic heterocycles. The fourth-order valence-corrected chi connectivity index (χ4v) is 9.90. The van der Waals surface area contributed by atoms with Gasteiger partial charge in [0.25, 0.3) is 0 Å². The number of hydrogen-bond acceptors (Lipinski definition) is 4. The van der Waals surface area contributed by atoms with Crippen molar-refractivity contribution in [2.24, 2.45) is 0 Å². The molecule has 0 radical (unpaired) electrons. The minimum atomic E-state index is -0.118. The van der Waals surface area contributed by atoms with Crippen LogP contribution in [0.2, 0.25) is 0 Å². The number of benzene rings is 9. The molecular formula is C62H60O4. The lowest BCUT2D eigenvalue weighted by Gasteiger charge is -2.20. The van der Waals surface area contributed by atoms with Gasteiger partial charge in [0.1, 0.15) is 13.2 Å². The van der Waals surface area contributed by atoms with Crippen molar-refractivity contribution in [1.29, 1.82) is 0 Å². The maximum atomic E-state index is 12.4. The van der Waals surface area contributed by atoms with Crippen LogP contribution < -0.4 is 0 Å². The molecule has 0 saturated heterocycles. The summed E-state index contributed by atoms with van der Waals surface area (Å²) in [5.41, 5.74) is 11.3. The van der Waals surface area contributed by atoms with Crippen molar-refractivity contribution in [3.63, 3.8) is 0 Å². The Morgan fingerprint density at radius 1 is 0.333 bits per heavy atom. The van der Waals surface area contributed by atoms with Gasteiger partial charge in [0.2, 0.25) is 0 Å². The second-order valence-electron chi connectivity index (χ2n) is 17.9. The molecule has 0 N–H and O–H groups in total. The van der Waals surface area contributed by atoms with Gasteiger partial charge >= 0.3 is 11.9 Å². The number of carbonyl (C=O) groups is 2. The Hall–Kier alpha value is -6.78. The molecule has 0 heterocycles. The summed E-state index contributed by atoms with van der Waals surface area (Å²) in [6.45, 7) is 4.99. The quantitative estimate of drug-likeness (QED) is 0.0331. The third-order valence-corrected chi connectivity index (χ3v) is 13.4. The summed E-state index contributed by atoms with van der Waals surface area (Å²) < 4.78 is 11.3. The molecule has 0 amide bonds. The lowest BCUT2D eigenvalue weighted by molar-refractivity contribution is -0.146. The van der Waals surface area contributed by atoms with Crippen LogP contribution in [-0.4, -0.2) is 11.9 Å². The third kappa shape index (κ3) is 9.60.